The van der Waals surface area contributed by atoms with Crippen molar-refractivity contribution in [2.45, 2.75) is 12.4 Å². The molecule has 2 rings (SSSR count). The third-order valence-electron chi connectivity index (χ3n) is 2.41. The summed E-state index contributed by atoms with van der Waals surface area (Å²) in [4.78, 5) is 11.2. The van der Waals surface area contributed by atoms with E-state index < -0.39 is 27.0 Å². The fourth-order valence-electron chi connectivity index (χ4n) is 1.53. The zero-order chi connectivity index (χ0) is 15.1. The lowest BCUT2D eigenvalue weighted by molar-refractivity contribution is -0.0500. The van der Waals surface area contributed by atoms with Gasteiger partial charge in [-0.2, -0.15) is 21.6 Å². The molecule has 0 aliphatic heterocycles. The van der Waals surface area contributed by atoms with E-state index in [4.69, 9.17) is 4.42 Å². The summed E-state index contributed by atoms with van der Waals surface area (Å²) in [5.74, 6) is -0.594. The molecule has 1 aromatic carbocycles. The Labute approximate surface area is 110 Å². The van der Waals surface area contributed by atoms with E-state index in [9.17, 15) is 26.4 Å². The van der Waals surface area contributed by atoms with E-state index in [1.807, 2.05) is 0 Å². The molecule has 0 unspecified atom stereocenters. The molecule has 0 aliphatic rings. The second kappa shape index (κ2) is 4.51. The Morgan fingerprint density at radius 2 is 1.85 bits per heavy atom. The second-order valence-corrected chi connectivity index (χ2v) is 5.43. The van der Waals surface area contributed by atoms with Crippen molar-refractivity contribution in [3.05, 3.63) is 40.2 Å². The van der Waals surface area contributed by atoms with Gasteiger partial charge in [0.1, 0.15) is 11.3 Å². The lowest BCUT2D eigenvalue weighted by atomic mass is 10.1. The quantitative estimate of drug-likeness (QED) is 0.483. The molecule has 0 saturated heterocycles. The van der Waals surface area contributed by atoms with Crippen LogP contribution in [0.15, 0.2) is 33.5 Å². The molecule has 0 bridgehead atoms. The Morgan fingerprint density at radius 1 is 1.20 bits per heavy atom. The van der Waals surface area contributed by atoms with Crippen LogP contribution in [0.2, 0.25) is 0 Å². The molecule has 2 aromatic rings. The molecule has 0 saturated carbocycles. The molecule has 1 heterocycles. The van der Waals surface area contributed by atoms with Crippen LogP contribution in [-0.2, 0) is 10.1 Å². The van der Waals surface area contributed by atoms with Gasteiger partial charge < -0.3 is 8.60 Å². The Morgan fingerprint density at radius 3 is 2.45 bits per heavy atom. The first-order valence-electron chi connectivity index (χ1n) is 5.15. The molecule has 0 atom stereocenters. The molecule has 1 aromatic heterocycles. The average Bonchev–Trinajstić information content (AvgIpc) is 2.25. The van der Waals surface area contributed by atoms with Gasteiger partial charge in [-0.1, -0.05) is 0 Å². The van der Waals surface area contributed by atoms with Gasteiger partial charge in [-0.25, -0.2) is 4.79 Å². The normalized spacial score (nSPS) is 12.6. The van der Waals surface area contributed by atoms with Crippen LogP contribution >= 0.6 is 0 Å². The van der Waals surface area contributed by atoms with Crippen LogP contribution in [0.5, 0.6) is 5.75 Å². The summed E-state index contributed by atoms with van der Waals surface area (Å²) in [5.41, 5.74) is -5.76. The van der Waals surface area contributed by atoms with Gasteiger partial charge in [-0.15, -0.1) is 0 Å². The number of benzene rings is 1. The topological polar surface area (TPSA) is 73.6 Å². The highest BCUT2D eigenvalue weighted by atomic mass is 32.2. The maximum Gasteiger partial charge on any atom is 0.534 e. The summed E-state index contributed by atoms with van der Waals surface area (Å²) in [7, 11) is -5.76. The van der Waals surface area contributed by atoms with Crippen molar-refractivity contribution < 1.29 is 30.2 Å². The predicted octanol–water partition coefficient (Wildman–Crippen LogP) is 2.33. The van der Waals surface area contributed by atoms with E-state index in [0.717, 1.165) is 12.1 Å². The Bertz CT molecular complexity index is 820. The third kappa shape index (κ3) is 2.62. The lowest BCUT2D eigenvalue weighted by Crippen LogP contribution is -2.28. The van der Waals surface area contributed by atoms with Gasteiger partial charge in [0.2, 0.25) is 0 Å². The first-order chi connectivity index (χ1) is 9.10. The van der Waals surface area contributed by atoms with E-state index in [1.165, 1.54) is 12.1 Å². The molecule has 20 heavy (non-hydrogen) atoms. The molecule has 0 aliphatic carbocycles. The van der Waals surface area contributed by atoms with E-state index in [0.29, 0.717) is 10.9 Å². The molecule has 108 valence electrons. The van der Waals surface area contributed by atoms with E-state index in [1.54, 1.807) is 6.92 Å². The minimum Gasteiger partial charge on any atom is -0.423 e. The Balaban J connectivity index is 2.51. The number of hydrogen-bond donors (Lipinski definition) is 0. The highest BCUT2D eigenvalue weighted by Gasteiger charge is 2.48. The summed E-state index contributed by atoms with van der Waals surface area (Å²) in [6, 6.07) is 4.45. The number of halogens is 3. The third-order valence-corrected chi connectivity index (χ3v) is 3.39. The highest BCUT2D eigenvalue weighted by molar-refractivity contribution is 7.88. The van der Waals surface area contributed by atoms with Crippen molar-refractivity contribution in [2.75, 3.05) is 0 Å². The summed E-state index contributed by atoms with van der Waals surface area (Å²) < 4.78 is 66.9. The maximum atomic E-state index is 12.2. The monoisotopic (exact) mass is 308 g/mol. The largest absolute Gasteiger partial charge is 0.534 e. The SMILES string of the molecule is Cc1cc(=O)oc2cc(OS(=O)(=O)C(F)(F)F)ccc12. The molecular weight excluding hydrogens is 301 g/mol. The molecule has 0 N–H and O–H groups in total. The van der Waals surface area contributed by atoms with Gasteiger partial charge in [0.15, 0.2) is 0 Å². The average molecular weight is 308 g/mol. The van der Waals surface area contributed by atoms with Gasteiger partial charge in [0.25, 0.3) is 0 Å². The van der Waals surface area contributed by atoms with Gasteiger partial charge in [0.05, 0.1) is 0 Å². The molecular formula is C11H7F3O5S. The van der Waals surface area contributed by atoms with E-state index >= 15 is 0 Å². The molecule has 0 amide bonds. The number of fused-ring (bicyclic) bond motifs is 1. The first-order valence-corrected chi connectivity index (χ1v) is 6.56. The number of hydrogen-bond acceptors (Lipinski definition) is 5. The summed E-state index contributed by atoms with van der Waals surface area (Å²) in [6.07, 6.45) is 0. The minimum atomic E-state index is -5.76. The van der Waals surface area contributed by atoms with Gasteiger partial charge in [-0.05, 0) is 24.6 Å². The van der Waals surface area contributed by atoms with Crippen LogP contribution < -0.4 is 9.81 Å². The molecule has 9 heteroatoms. The smallest absolute Gasteiger partial charge is 0.423 e. The maximum absolute atomic E-state index is 12.2. The van der Waals surface area contributed by atoms with Crippen LogP contribution in [0, 0.1) is 6.92 Å². The zero-order valence-electron chi connectivity index (χ0n) is 9.89. The number of aryl methyl sites for hydroxylation is 1. The van der Waals surface area contributed by atoms with Crippen LogP contribution in [-0.4, -0.2) is 13.9 Å². The van der Waals surface area contributed by atoms with Crippen LogP contribution in [0.1, 0.15) is 5.56 Å². The number of rotatable bonds is 2. The summed E-state index contributed by atoms with van der Waals surface area (Å²) in [5, 5.41) is 0.460. The summed E-state index contributed by atoms with van der Waals surface area (Å²) in [6.45, 7) is 1.60. The molecule has 0 fully saturated rings. The van der Waals surface area contributed by atoms with Crippen molar-refractivity contribution in [1.29, 1.82) is 0 Å². The molecule has 5 nitrogen and oxygen atoms in total. The lowest BCUT2D eigenvalue weighted by Gasteiger charge is -2.09. The van der Waals surface area contributed by atoms with Crippen molar-refractivity contribution in [3.63, 3.8) is 0 Å². The molecule has 0 spiro atoms. The Kier molecular flexibility index (Phi) is 3.24. The number of alkyl halides is 3. The van der Waals surface area contributed by atoms with Crippen LogP contribution in [0.25, 0.3) is 11.0 Å². The van der Waals surface area contributed by atoms with Crippen molar-refractivity contribution in [2.24, 2.45) is 0 Å². The highest BCUT2D eigenvalue weighted by Crippen LogP contribution is 2.29. The van der Waals surface area contributed by atoms with Crippen molar-refractivity contribution in [3.8, 4) is 5.75 Å². The van der Waals surface area contributed by atoms with Gasteiger partial charge in [0, 0.05) is 17.5 Å². The fraction of sp³-hybridized carbons (Fsp3) is 0.182. The standard InChI is InChI=1S/C11H7F3O5S/c1-6-4-10(15)18-9-5-7(2-3-8(6)9)19-20(16,17)11(12,13)14/h2-5H,1H3. The fourth-order valence-corrected chi connectivity index (χ4v) is 1.98. The molecule has 0 radical (unpaired) electrons. The minimum absolute atomic E-state index is 0.0649. The van der Waals surface area contributed by atoms with E-state index in [2.05, 4.69) is 4.18 Å². The summed E-state index contributed by atoms with van der Waals surface area (Å²) >= 11 is 0. The van der Waals surface area contributed by atoms with Gasteiger partial charge in [-0.3, -0.25) is 0 Å². The first kappa shape index (κ1) is 14.4. The van der Waals surface area contributed by atoms with Gasteiger partial charge >= 0.3 is 21.3 Å². The Hall–Kier alpha value is -2.03. The predicted molar refractivity (Wildman–Crippen MR) is 62.8 cm³/mol. The van der Waals surface area contributed by atoms with Crippen molar-refractivity contribution in [1.82, 2.24) is 0 Å². The van der Waals surface area contributed by atoms with Crippen LogP contribution in [0.4, 0.5) is 13.2 Å². The van der Waals surface area contributed by atoms with E-state index in [-0.39, 0.29) is 5.58 Å². The van der Waals surface area contributed by atoms with Crippen LogP contribution in [0.3, 0.4) is 0 Å². The van der Waals surface area contributed by atoms with Crippen molar-refractivity contribution >= 4 is 21.1 Å². The second-order valence-electron chi connectivity index (χ2n) is 3.89. The zero-order valence-corrected chi connectivity index (χ0v) is 10.7.